The molecule has 0 fully saturated rings. The van der Waals surface area contributed by atoms with Gasteiger partial charge in [0.05, 0.1) is 6.42 Å². The Morgan fingerprint density at radius 1 is 1.50 bits per heavy atom. The van der Waals surface area contributed by atoms with Crippen molar-refractivity contribution in [3.63, 3.8) is 0 Å². The molecule has 1 aromatic rings. The minimum absolute atomic E-state index is 0.137. The first-order chi connectivity index (χ1) is 7.36. The van der Waals surface area contributed by atoms with Crippen LogP contribution >= 0.6 is 27.7 Å². The van der Waals surface area contributed by atoms with Crippen molar-refractivity contribution in [1.29, 1.82) is 0 Å². The van der Waals surface area contributed by atoms with Gasteiger partial charge in [-0.2, -0.15) is 0 Å². The molecule has 88 valence electrons. The van der Waals surface area contributed by atoms with Crippen LogP contribution < -0.4 is 0 Å². The Balaban J connectivity index is 3.04. The fraction of sp³-hybridized carbons (Fsp3) is 0.417. The van der Waals surface area contributed by atoms with Crippen molar-refractivity contribution in [1.82, 2.24) is 0 Å². The summed E-state index contributed by atoms with van der Waals surface area (Å²) >= 11 is 5.16. The zero-order valence-electron chi connectivity index (χ0n) is 9.58. The van der Waals surface area contributed by atoms with Crippen molar-refractivity contribution < 1.29 is 9.90 Å². The number of hydrogen-bond donors (Lipinski definition) is 1. The third-order valence-electron chi connectivity index (χ3n) is 2.53. The van der Waals surface area contributed by atoms with Crippen LogP contribution in [-0.4, -0.2) is 17.3 Å². The van der Waals surface area contributed by atoms with Crippen LogP contribution in [0, 0.1) is 0 Å². The quantitative estimate of drug-likeness (QED) is 0.857. The SMILES string of the molecule is CSc1ccc(C(C)(C)CC(=O)O)cc1Br. The number of carboxylic acid groups (broad SMARTS) is 1. The highest BCUT2D eigenvalue weighted by Crippen LogP contribution is 2.33. The van der Waals surface area contributed by atoms with Crippen LogP contribution in [-0.2, 0) is 10.2 Å². The highest BCUT2D eigenvalue weighted by atomic mass is 79.9. The lowest BCUT2D eigenvalue weighted by Crippen LogP contribution is -2.21. The van der Waals surface area contributed by atoms with Crippen molar-refractivity contribution in [3.05, 3.63) is 28.2 Å². The van der Waals surface area contributed by atoms with Gasteiger partial charge in [0.25, 0.3) is 0 Å². The average Bonchev–Trinajstić information content (AvgIpc) is 2.15. The lowest BCUT2D eigenvalue weighted by Gasteiger charge is -2.23. The van der Waals surface area contributed by atoms with Gasteiger partial charge in [0.15, 0.2) is 0 Å². The van der Waals surface area contributed by atoms with E-state index in [0.29, 0.717) is 0 Å². The smallest absolute Gasteiger partial charge is 0.304 e. The van der Waals surface area contributed by atoms with Crippen molar-refractivity contribution in [2.45, 2.75) is 30.6 Å². The Bertz CT molecular complexity index is 402. The van der Waals surface area contributed by atoms with Gasteiger partial charge >= 0.3 is 5.97 Å². The summed E-state index contributed by atoms with van der Waals surface area (Å²) in [5.41, 5.74) is 0.699. The highest BCUT2D eigenvalue weighted by molar-refractivity contribution is 9.10. The van der Waals surface area contributed by atoms with Crippen molar-refractivity contribution in [2.75, 3.05) is 6.26 Å². The zero-order chi connectivity index (χ0) is 12.3. The van der Waals surface area contributed by atoms with E-state index < -0.39 is 5.97 Å². The van der Waals surface area contributed by atoms with Crippen molar-refractivity contribution in [3.8, 4) is 0 Å². The molecule has 4 heteroatoms. The third-order valence-corrected chi connectivity index (χ3v) is 4.24. The van der Waals surface area contributed by atoms with E-state index in [0.717, 1.165) is 14.9 Å². The van der Waals surface area contributed by atoms with E-state index in [1.54, 1.807) is 11.8 Å². The first-order valence-electron chi connectivity index (χ1n) is 4.92. The van der Waals surface area contributed by atoms with Crippen LogP contribution in [0.5, 0.6) is 0 Å². The van der Waals surface area contributed by atoms with E-state index in [-0.39, 0.29) is 11.8 Å². The predicted molar refractivity (Wildman–Crippen MR) is 71.2 cm³/mol. The minimum atomic E-state index is -0.768. The molecule has 0 aromatic heterocycles. The molecule has 0 unspecified atom stereocenters. The summed E-state index contributed by atoms with van der Waals surface area (Å²) in [6, 6.07) is 6.03. The molecule has 0 saturated carbocycles. The molecule has 2 nitrogen and oxygen atoms in total. The molecule has 0 saturated heterocycles. The number of halogens is 1. The Hall–Kier alpha value is -0.480. The Morgan fingerprint density at radius 2 is 2.12 bits per heavy atom. The van der Waals surface area contributed by atoms with E-state index in [4.69, 9.17) is 5.11 Å². The van der Waals surface area contributed by atoms with E-state index >= 15 is 0 Å². The summed E-state index contributed by atoms with van der Waals surface area (Å²) < 4.78 is 1.02. The zero-order valence-corrected chi connectivity index (χ0v) is 12.0. The number of carbonyl (C=O) groups is 1. The highest BCUT2D eigenvalue weighted by Gasteiger charge is 2.24. The molecule has 0 spiro atoms. The molecule has 0 atom stereocenters. The molecule has 0 heterocycles. The minimum Gasteiger partial charge on any atom is -0.481 e. The monoisotopic (exact) mass is 302 g/mol. The first-order valence-corrected chi connectivity index (χ1v) is 6.94. The maximum absolute atomic E-state index is 10.8. The van der Waals surface area contributed by atoms with Crippen LogP contribution in [0.15, 0.2) is 27.6 Å². The van der Waals surface area contributed by atoms with Gasteiger partial charge in [0, 0.05) is 14.8 Å². The number of benzene rings is 1. The largest absolute Gasteiger partial charge is 0.481 e. The van der Waals surface area contributed by atoms with Crippen LogP contribution in [0.2, 0.25) is 0 Å². The number of aliphatic carboxylic acids is 1. The third kappa shape index (κ3) is 3.25. The Kier molecular flexibility index (Phi) is 4.44. The molecule has 0 bridgehead atoms. The van der Waals surface area contributed by atoms with Gasteiger partial charge in [0.2, 0.25) is 0 Å². The van der Waals surface area contributed by atoms with Crippen molar-refractivity contribution >= 4 is 33.7 Å². The van der Waals surface area contributed by atoms with Crippen LogP contribution in [0.3, 0.4) is 0 Å². The Morgan fingerprint density at radius 3 is 2.56 bits per heavy atom. The molecule has 0 aliphatic heterocycles. The van der Waals surface area contributed by atoms with Gasteiger partial charge in [-0.05, 0) is 39.9 Å². The lowest BCUT2D eigenvalue weighted by molar-refractivity contribution is -0.138. The summed E-state index contributed by atoms with van der Waals surface area (Å²) in [5, 5.41) is 8.86. The second kappa shape index (κ2) is 5.23. The predicted octanol–water partition coefficient (Wildman–Crippen LogP) is 3.92. The molecular formula is C12H15BrO2S. The molecule has 1 rings (SSSR count). The number of hydrogen-bond acceptors (Lipinski definition) is 2. The van der Waals surface area contributed by atoms with Gasteiger partial charge in [-0.3, -0.25) is 4.79 Å². The summed E-state index contributed by atoms with van der Waals surface area (Å²) in [6.07, 6.45) is 2.15. The molecular weight excluding hydrogens is 288 g/mol. The molecule has 1 aromatic carbocycles. The summed E-state index contributed by atoms with van der Waals surface area (Å²) in [4.78, 5) is 11.9. The average molecular weight is 303 g/mol. The van der Waals surface area contributed by atoms with Crippen molar-refractivity contribution in [2.24, 2.45) is 0 Å². The summed E-state index contributed by atoms with van der Waals surface area (Å²) in [6.45, 7) is 3.89. The maximum Gasteiger partial charge on any atom is 0.304 e. The fourth-order valence-electron chi connectivity index (χ4n) is 1.57. The van der Waals surface area contributed by atoms with E-state index in [2.05, 4.69) is 15.9 Å². The standard InChI is InChI=1S/C12H15BrO2S/c1-12(2,7-11(14)15)8-4-5-10(16-3)9(13)6-8/h4-6H,7H2,1-3H3,(H,14,15). The van der Waals surface area contributed by atoms with Gasteiger partial charge < -0.3 is 5.11 Å². The maximum atomic E-state index is 10.8. The molecule has 16 heavy (non-hydrogen) atoms. The molecule has 0 aliphatic rings. The molecule has 0 amide bonds. The molecule has 0 radical (unpaired) electrons. The lowest BCUT2D eigenvalue weighted by atomic mass is 9.82. The molecule has 0 aliphatic carbocycles. The second-order valence-corrected chi connectivity index (χ2v) is 6.01. The van der Waals surface area contributed by atoms with Gasteiger partial charge in [-0.1, -0.05) is 19.9 Å². The summed E-state index contributed by atoms with van der Waals surface area (Å²) in [7, 11) is 0. The van der Waals surface area contributed by atoms with Gasteiger partial charge in [-0.15, -0.1) is 11.8 Å². The number of rotatable bonds is 4. The van der Waals surface area contributed by atoms with Gasteiger partial charge in [0.1, 0.15) is 0 Å². The van der Waals surface area contributed by atoms with E-state index in [9.17, 15) is 4.79 Å². The fourth-order valence-corrected chi connectivity index (χ4v) is 2.89. The topological polar surface area (TPSA) is 37.3 Å². The number of thioether (sulfide) groups is 1. The summed E-state index contributed by atoms with van der Waals surface area (Å²) in [5.74, 6) is -0.768. The van der Waals surface area contributed by atoms with Crippen LogP contribution in [0.4, 0.5) is 0 Å². The van der Waals surface area contributed by atoms with E-state index in [1.165, 1.54) is 0 Å². The first kappa shape index (κ1) is 13.6. The Labute approximate surface area is 109 Å². The van der Waals surface area contributed by atoms with Crippen LogP contribution in [0.1, 0.15) is 25.8 Å². The van der Waals surface area contributed by atoms with Crippen LogP contribution in [0.25, 0.3) is 0 Å². The normalized spacial score (nSPS) is 11.5. The van der Waals surface area contributed by atoms with E-state index in [1.807, 2.05) is 38.3 Å². The number of carboxylic acids is 1. The molecule has 1 N–H and O–H groups in total. The van der Waals surface area contributed by atoms with Gasteiger partial charge in [-0.25, -0.2) is 0 Å². The second-order valence-electron chi connectivity index (χ2n) is 4.30.